The van der Waals surface area contributed by atoms with Crippen molar-refractivity contribution in [2.75, 3.05) is 32.8 Å². The van der Waals surface area contributed by atoms with Gasteiger partial charge in [-0.05, 0) is 30.3 Å². The first kappa shape index (κ1) is 18.8. The molecule has 0 aromatic heterocycles. The lowest BCUT2D eigenvalue weighted by molar-refractivity contribution is 0.0343. The second-order valence-electron chi connectivity index (χ2n) is 6.69. The first-order valence-electron chi connectivity index (χ1n) is 9.15. The Labute approximate surface area is 161 Å². The average molecular weight is 370 g/mol. The molecule has 0 spiro atoms. The number of thiocarbonyl (C=S) groups is 1. The summed E-state index contributed by atoms with van der Waals surface area (Å²) in [4.78, 5) is 2.43. The van der Waals surface area contributed by atoms with Crippen molar-refractivity contribution >= 4 is 17.3 Å². The topological polar surface area (TPSA) is 36.5 Å². The van der Waals surface area contributed by atoms with E-state index in [1.165, 1.54) is 16.7 Å². The maximum Gasteiger partial charge on any atom is 0.167 e. The van der Waals surface area contributed by atoms with Gasteiger partial charge >= 0.3 is 0 Å². The molecule has 1 aliphatic heterocycles. The molecule has 0 bridgehead atoms. The van der Waals surface area contributed by atoms with E-state index in [9.17, 15) is 0 Å². The molecule has 0 amide bonds. The number of nitrogens with one attached hydrogen (secondary N) is 2. The van der Waals surface area contributed by atoms with Crippen LogP contribution in [0.2, 0.25) is 0 Å². The van der Waals surface area contributed by atoms with E-state index in [1.54, 1.807) is 0 Å². The molecule has 3 rings (SSSR count). The molecular formula is C21H27N3OS. The summed E-state index contributed by atoms with van der Waals surface area (Å²) in [6, 6.07) is 19.2. The van der Waals surface area contributed by atoms with Gasteiger partial charge in [0.2, 0.25) is 0 Å². The molecule has 1 aliphatic rings. The zero-order chi connectivity index (χ0) is 18.2. The first-order valence-corrected chi connectivity index (χ1v) is 9.56. The lowest BCUT2D eigenvalue weighted by Gasteiger charge is -2.31. The number of hydrogen-bond acceptors (Lipinski definition) is 3. The maximum atomic E-state index is 5.56. The summed E-state index contributed by atoms with van der Waals surface area (Å²) in [7, 11) is 0. The van der Waals surface area contributed by atoms with Crippen LogP contribution >= 0.6 is 12.2 Å². The van der Waals surface area contributed by atoms with E-state index in [0.29, 0.717) is 5.11 Å². The summed E-state index contributed by atoms with van der Waals surface area (Å²) < 4.78 is 5.47. The number of aryl methyl sites for hydroxylation is 1. The van der Waals surface area contributed by atoms with Crippen LogP contribution in [0.1, 0.15) is 22.7 Å². The van der Waals surface area contributed by atoms with Crippen molar-refractivity contribution in [3.05, 3.63) is 71.3 Å². The molecule has 138 valence electrons. The standard InChI is InChI=1S/C21H27N3OS/c1-17-7-9-19(10-8-17)20(16-24-11-13-25-14-12-24)23-21(26)22-15-18-5-3-2-4-6-18/h2-10,20H,11-16H2,1H3,(H2,22,23,26)/t20-/m0/s1. The largest absolute Gasteiger partial charge is 0.379 e. The van der Waals surface area contributed by atoms with Crippen molar-refractivity contribution in [1.82, 2.24) is 15.5 Å². The van der Waals surface area contributed by atoms with Crippen molar-refractivity contribution < 1.29 is 4.74 Å². The fraction of sp³-hybridized carbons (Fsp3) is 0.381. The van der Waals surface area contributed by atoms with Crippen molar-refractivity contribution in [3.8, 4) is 0 Å². The number of hydrogen-bond donors (Lipinski definition) is 2. The molecule has 1 heterocycles. The van der Waals surface area contributed by atoms with Gasteiger partial charge in [0.15, 0.2) is 5.11 Å². The van der Waals surface area contributed by atoms with Crippen LogP contribution in [0.4, 0.5) is 0 Å². The highest BCUT2D eigenvalue weighted by molar-refractivity contribution is 7.80. The predicted octanol–water partition coefficient (Wildman–Crippen LogP) is 3.03. The van der Waals surface area contributed by atoms with Gasteiger partial charge in [0.1, 0.15) is 0 Å². The highest BCUT2D eigenvalue weighted by Crippen LogP contribution is 2.16. The molecule has 0 radical (unpaired) electrons. The average Bonchev–Trinajstić information content (AvgIpc) is 2.68. The van der Waals surface area contributed by atoms with E-state index < -0.39 is 0 Å². The molecule has 0 saturated carbocycles. The van der Waals surface area contributed by atoms with Gasteiger partial charge in [-0.1, -0.05) is 60.2 Å². The van der Waals surface area contributed by atoms with Crippen LogP contribution < -0.4 is 10.6 Å². The van der Waals surface area contributed by atoms with Gasteiger partial charge in [0.05, 0.1) is 19.3 Å². The third-order valence-electron chi connectivity index (χ3n) is 4.63. The van der Waals surface area contributed by atoms with E-state index in [-0.39, 0.29) is 6.04 Å². The molecule has 1 fully saturated rings. The molecule has 0 unspecified atom stereocenters. The first-order chi connectivity index (χ1) is 12.7. The normalized spacial score (nSPS) is 16.0. The zero-order valence-corrected chi connectivity index (χ0v) is 16.1. The number of morpholine rings is 1. The SMILES string of the molecule is Cc1ccc([C@H](CN2CCOCC2)NC(=S)NCc2ccccc2)cc1. The Hall–Kier alpha value is -1.95. The lowest BCUT2D eigenvalue weighted by Crippen LogP contribution is -2.45. The minimum absolute atomic E-state index is 0.157. The Morgan fingerprint density at radius 1 is 1.08 bits per heavy atom. The van der Waals surface area contributed by atoms with Crippen LogP contribution in [0.15, 0.2) is 54.6 Å². The lowest BCUT2D eigenvalue weighted by atomic mass is 10.0. The number of nitrogens with zero attached hydrogens (tertiary/aromatic N) is 1. The maximum absolute atomic E-state index is 5.56. The van der Waals surface area contributed by atoms with Crippen molar-refractivity contribution in [2.45, 2.75) is 19.5 Å². The molecule has 4 nitrogen and oxygen atoms in total. The monoisotopic (exact) mass is 369 g/mol. The Morgan fingerprint density at radius 2 is 1.77 bits per heavy atom. The van der Waals surface area contributed by atoms with Gasteiger partial charge in [0, 0.05) is 26.2 Å². The number of benzene rings is 2. The number of ether oxygens (including phenoxy) is 1. The van der Waals surface area contributed by atoms with Crippen molar-refractivity contribution in [1.29, 1.82) is 0 Å². The van der Waals surface area contributed by atoms with E-state index in [1.807, 2.05) is 18.2 Å². The van der Waals surface area contributed by atoms with E-state index in [2.05, 4.69) is 58.9 Å². The Kier molecular flexibility index (Phi) is 7.00. The molecule has 1 atom stereocenters. The summed E-state index contributed by atoms with van der Waals surface area (Å²) in [6.45, 7) is 7.29. The van der Waals surface area contributed by atoms with Gasteiger partial charge < -0.3 is 15.4 Å². The molecule has 2 aromatic carbocycles. The predicted molar refractivity (Wildman–Crippen MR) is 110 cm³/mol. The molecule has 26 heavy (non-hydrogen) atoms. The quantitative estimate of drug-likeness (QED) is 0.766. The highest BCUT2D eigenvalue weighted by Gasteiger charge is 2.19. The van der Waals surface area contributed by atoms with Crippen LogP contribution in [0.25, 0.3) is 0 Å². The van der Waals surface area contributed by atoms with E-state index in [4.69, 9.17) is 17.0 Å². The van der Waals surface area contributed by atoms with Crippen LogP contribution in [-0.4, -0.2) is 42.9 Å². The third kappa shape index (κ3) is 5.80. The molecular weight excluding hydrogens is 342 g/mol. The Bertz CT molecular complexity index is 684. The summed E-state index contributed by atoms with van der Waals surface area (Å²) >= 11 is 5.56. The van der Waals surface area contributed by atoms with Crippen LogP contribution in [0.5, 0.6) is 0 Å². The molecule has 0 aliphatic carbocycles. The summed E-state index contributed by atoms with van der Waals surface area (Å²) in [5.74, 6) is 0. The fourth-order valence-corrected chi connectivity index (χ4v) is 3.28. The van der Waals surface area contributed by atoms with Gasteiger partial charge in [0.25, 0.3) is 0 Å². The van der Waals surface area contributed by atoms with Crippen LogP contribution in [0, 0.1) is 6.92 Å². The molecule has 5 heteroatoms. The Morgan fingerprint density at radius 3 is 2.46 bits per heavy atom. The minimum Gasteiger partial charge on any atom is -0.379 e. The van der Waals surface area contributed by atoms with E-state index >= 15 is 0 Å². The van der Waals surface area contributed by atoms with E-state index in [0.717, 1.165) is 39.4 Å². The van der Waals surface area contributed by atoms with Crippen molar-refractivity contribution in [2.24, 2.45) is 0 Å². The summed E-state index contributed by atoms with van der Waals surface area (Å²) in [6.07, 6.45) is 0. The van der Waals surface area contributed by atoms with Crippen molar-refractivity contribution in [3.63, 3.8) is 0 Å². The highest BCUT2D eigenvalue weighted by atomic mass is 32.1. The van der Waals surface area contributed by atoms with Crippen LogP contribution in [0.3, 0.4) is 0 Å². The van der Waals surface area contributed by atoms with Crippen LogP contribution in [-0.2, 0) is 11.3 Å². The molecule has 1 saturated heterocycles. The van der Waals surface area contributed by atoms with Gasteiger partial charge in [-0.3, -0.25) is 4.90 Å². The second-order valence-corrected chi connectivity index (χ2v) is 7.10. The van der Waals surface area contributed by atoms with Gasteiger partial charge in [-0.25, -0.2) is 0 Å². The number of rotatable bonds is 6. The fourth-order valence-electron chi connectivity index (χ4n) is 3.06. The summed E-state index contributed by atoms with van der Waals surface area (Å²) in [5.41, 5.74) is 3.74. The Balaban J connectivity index is 1.62. The van der Waals surface area contributed by atoms with Gasteiger partial charge in [-0.2, -0.15) is 0 Å². The second kappa shape index (κ2) is 9.67. The zero-order valence-electron chi connectivity index (χ0n) is 15.3. The smallest absolute Gasteiger partial charge is 0.167 e. The minimum atomic E-state index is 0.157. The summed E-state index contributed by atoms with van der Waals surface area (Å²) in [5, 5.41) is 7.52. The molecule has 2 N–H and O–H groups in total. The molecule has 2 aromatic rings. The third-order valence-corrected chi connectivity index (χ3v) is 4.89. The van der Waals surface area contributed by atoms with Gasteiger partial charge in [-0.15, -0.1) is 0 Å².